The molecule has 0 spiro atoms. The molecule has 1 atom stereocenters. The van der Waals surface area contributed by atoms with Crippen LogP contribution in [-0.4, -0.2) is 16.8 Å². The lowest BCUT2D eigenvalue weighted by Gasteiger charge is -2.18. The number of hydrogen-bond acceptors (Lipinski definition) is 2. The summed E-state index contributed by atoms with van der Waals surface area (Å²) < 4.78 is 3.06. The molecule has 1 N–H and O–H groups in total. The van der Waals surface area contributed by atoms with Crippen molar-refractivity contribution < 1.29 is 0 Å². The molecule has 0 bridgehead atoms. The highest BCUT2D eigenvalue weighted by Gasteiger charge is 2.16. The topological polar surface area (TPSA) is 29.9 Å². The second kappa shape index (κ2) is 6.04. The van der Waals surface area contributed by atoms with E-state index in [9.17, 15) is 0 Å². The maximum absolute atomic E-state index is 6.19. The van der Waals surface area contributed by atoms with Crippen LogP contribution in [0.1, 0.15) is 24.2 Å². The molecule has 0 fully saturated rings. The SMILES string of the molecule is CCn1nccc1C(NC)c1ccc(I)c(Cl)c1. The highest BCUT2D eigenvalue weighted by Crippen LogP contribution is 2.26. The Balaban J connectivity index is 2.42. The summed E-state index contributed by atoms with van der Waals surface area (Å²) in [5.41, 5.74) is 2.30. The van der Waals surface area contributed by atoms with E-state index < -0.39 is 0 Å². The number of hydrogen-bond donors (Lipinski definition) is 1. The summed E-state index contributed by atoms with van der Waals surface area (Å²) in [6.07, 6.45) is 1.83. The summed E-state index contributed by atoms with van der Waals surface area (Å²) in [5, 5.41) is 8.42. The number of aryl methyl sites for hydroxylation is 1. The van der Waals surface area contributed by atoms with E-state index in [1.54, 1.807) is 0 Å². The zero-order valence-corrected chi connectivity index (χ0v) is 13.2. The molecule has 1 unspecified atom stereocenters. The van der Waals surface area contributed by atoms with E-state index in [4.69, 9.17) is 11.6 Å². The molecule has 3 nitrogen and oxygen atoms in total. The van der Waals surface area contributed by atoms with Crippen molar-refractivity contribution in [3.05, 3.63) is 50.3 Å². The Hall–Kier alpha value is -0.590. The minimum absolute atomic E-state index is 0.113. The normalized spacial score (nSPS) is 12.7. The molecule has 1 aromatic heterocycles. The number of halogens is 2. The van der Waals surface area contributed by atoms with E-state index in [1.807, 2.05) is 36.1 Å². The molecule has 0 saturated heterocycles. The van der Waals surface area contributed by atoms with Crippen LogP contribution in [-0.2, 0) is 6.54 Å². The van der Waals surface area contributed by atoms with Gasteiger partial charge in [0.15, 0.2) is 0 Å². The van der Waals surface area contributed by atoms with Crippen molar-refractivity contribution in [3.8, 4) is 0 Å². The Bertz CT molecular complexity index is 539. The zero-order valence-electron chi connectivity index (χ0n) is 10.3. The number of aromatic nitrogens is 2. The van der Waals surface area contributed by atoms with E-state index in [-0.39, 0.29) is 6.04 Å². The first-order chi connectivity index (χ1) is 8.67. The van der Waals surface area contributed by atoms with Crippen molar-refractivity contribution in [2.45, 2.75) is 19.5 Å². The first kappa shape index (κ1) is 13.8. The molecule has 2 aromatic rings. The summed E-state index contributed by atoms with van der Waals surface area (Å²) >= 11 is 8.43. The maximum Gasteiger partial charge on any atom is 0.0746 e. The molecule has 1 aromatic carbocycles. The van der Waals surface area contributed by atoms with Gasteiger partial charge in [-0.05, 0) is 60.3 Å². The van der Waals surface area contributed by atoms with Gasteiger partial charge in [0.25, 0.3) is 0 Å². The van der Waals surface area contributed by atoms with Gasteiger partial charge in [-0.15, -0.1) is 0 Å². The van der Waals surface area contributed by atoms with Crippen LogP contribution in [0.4, 0.5) is 0 Å². The van der Waals surface area contributed by atoms with Crippen LogP contribution in [0.25, 0.3) is 0 Å². The Labute approximate surface area is 126 Å². The highest BCUT2D eigenvalue weighted by atomic mass is 127. The van der Waals surface area contributed by atoms with Crippen LogP contribution in [0.2, 0.25) is 5.02 Å². The minimum atomic E-state index is 0.113. The van der Waals surface area contributed by atoms with Crippen LogP contribution in [0.15, 0.2) is 30.5 Å². The van der Waals surface area contributed by atoms with E-state index in [2.05, 4.69) is 46.0 Å². The fourth-order valence-electron chi connectivity index (χ4n) is 2.03. The smallest absolute Gasteiger partial charge is 0.0746 e. The monoisotopic (exact) mass is 375 g/mol. The zero-order chi connectivity index (χ0) is 13.1. The largest absolute Gasteiger partial charge is 0.308 e. The number of nitrogens with zero attached hydrogens (tertiary/aromatic N) is 2. The predicted molar refractivity (Wildman–Crippen MR) is 83.0 cm³/mol. The summed E-state index contributed by atoms with van der Waals surface area (Å²) in [6.45, 7) is 2.95. The van der Waals surface area contributed by atoms with Gasteiger partial charge in [-0.3, -0.25) is 4.68 Å². The fourth-order valence-corrected chi connectivity index (χ4v) is 2.55. The molecule has 0 aliphatic carbocycles. The Morgan fingerprint density at radius 1 is 1.44 bits per heavy atom. The third kappa shape index (κ3) is 2.70. The van der Waals surface area contributed by atoms with Crippen molar-refractivity contribution in [1.29, 1.82) is 0 Å². The third-order valence-corrected chi connectivity index (χ3v) is 4.48. The molecule has 0 aliphatic heterocycles. The van der Waals surface area contributed by atoms with Gasteiger partial charge in [-0.1, -0.05) is 17.7 Å². The lowest BCUT2D eigenvalue weighted by molar-refractivity contribution is 0.563. The molecule has 0 aliphatic rings. The van der Waals surface area contributed by atoms with Gasteiger partial charge in [-0.2, -0.15) is 5.10 Å². The van der Waals surface area contributed by atoms with Gasteiger partial charge in [0.05, 0.1) is 16.8 Å². The number of nitrogens with one attached hydrogen (secondary N) is 1. The second-order valence-corrected chi connectivity index (χ2v) is 5.54. The van der Waals surface area contributed by atoms with Crippen molar-refractivity contribution in [2.24, 2.45) is 0 Å². The van der Waals surface area contributed by atoms with E-state index in [0.717, 1.165) is 26.4 Å². The van der Waals surface area contributed by atoms with Crippen LogP contribution in [0.3, 0.4) is 0 Å². The summed E-state index contributed by atoms with van der Waals surface area (Å²) in [5.74, 6) is 0. The summed E-state index contributed by atoms with van der Waals surface area (Å²) in [7, 11) is 1.95. The number of rotatable bonds is 4. The Morgan fingerprint density at radius 2 is 2.22 bits per heavy atom. The van der Waals surface area contributed by atoms with Crippen LogP contribution >= 0.6 is 34.2 Å². The quantitative estimate of drug-likeness (QED) is 0.829. The molecule has 5 heteroatoms. The van der Waals surface area contributed by atoms with E-state index in [1.165, 1.54) is 0 Å². The summed E-state index contributed by atoms with van der Waals surface area (Å²) in [6, 6.07) is 8.30. The van der Waals surface area contributed by atoms with E-state index in [0.29, 0.717) is 0 Å². The van der Waals surface area contributed by atoms with Gasteiger partial charge in [-0.25, -0.2) is 0 Å². The first-order valence-corrected chi connectivity index (χ1v) is 7.27. The second-order valence-electron chi connectivity index (χ2n) is 3.97. The van der Waals surface area contributed by atoms with Gasteiger partial charge >= 0.3 is 0 Å². The van der Waals surface area contributed by atoms with Crippen molar-refractivity contribution in [1.82, 2.24) is 15.1 Å². The van der Waals surface area contributed by atoms with Gasteiger partial charge in [0.1, 0.15) is 0 Å². The molecule has 0 saturated carbocycles. The maximum atomic E-state index is 6.19. The van der Waals surface area contributed by atoms with Gasteiger partial charge < -0.3 is 5.32 Å². The molecule has 0 amide bonds. The summed E-state index contributed by atoms with van der Waals surface area (Å²) in [4.78, 5) is 0. The van der Waals surface area contributed by atoms with Crippen molar-refractivity contribution in [2.75, 3.05) is 7.05 Å². The standard InChI is InChI=1S/C13H15ClIN3/c1-3-18-12(6-7-17-18)13(16-2)9-4-5-11(15)10(14)8-9/h4-8,13,16H,3H2,1-2H3. The van der Waals surface area contributed by atoms with Crippen LogP contribution < -0.4 is 5.32 Å². The first-order valence-electron chi connectivity index (χ1n) is 5.81. The van der Waals surface area contributed by atoms with Gasteiger partial charge in [0, 0.05) is 16.3 Å². The molecule has 1 heterocycles. The van der Waals surface area contributed by atoms with Crippen LogP contribution in [0, 0.1) is 3.57 Å². The average Bonchev–Trinajstić information content (AvgIpc) is 2.83. The van der Waals surface area contributed by atoms with Crippen molar-refractivity contribution >= 4 is 34.2 Å². The van der Waals surface area contributed by atoms with E-state index >= 15 is 0 Å². The molecular weight excluding hydrogens is 361 g/mol. The fraction of sp³-hybridized carbons (Fsp3) is 0.308. The minimum Gasteiger partial charge on any atom is -0.308 e. The third-order valence-electron chi connectivity index (χ3n) is 2.91. The Kier molecular flexibility index (Phi) is 4.64. The lowest BCUT2D eigenvalue weighted by atomic mass is 10.0. The predicted octanol–water partition coefficient (Wildman–Crippen LogP) is 3.47. The van der Waals surface area contributed by atoms with Crippen molar-refractivity contribution in [3.63, 3.8) is 0 Å². The molecule has 0 radical (unpaired) electrons. The average molecular weight is 376 g/mol. The molecular formula is C13H15ClIN3. The lowest BCUT2D eigenvalue weighted by Crippen LogP contribution is -2.21. The Morgan fingerprint density at radius 3 is 2.83 bits per heavy atom. The molecule has 2 rings (SSSR count). The number of benzene rings is 1. The van der Waals surface area contributed by atoms with Gasteiger partial charge in [0.2, 0.25) is 0 Å². The molecule has 96 valence electrons. The van der Waals surface area contributed by atoms with Crippen LogP contribution in [0.5, 0.6) is 0 Å². The molecule has 18 heavy (non-hydrogen) atoms. The highest BCUT2D eigenvalue weighted by molar-refractivity contribution is 14.1.